The third-order valence-corrected chi connectivity index (χ3v) is 2.53. The van der Waals surface area contributed by atoms with Gasteiger partial charge in [0, 0.05) is 38.4 Å². The lowest BCUT2D eigenvalue weighted by Gasteiger charge is -2.13. The first-order valence-electron chi connectivity index (χ1n) is 5.31. The van der Waals surface area contributed by atoms with Crippen molar-refractivity contribution in [3.63, 3.8) is 0 Å². The van der Waals surface area contributed by atoms with Gasteiger partial charge in [0.15, 0.2) is 0 Å². The zero-order valence-electron chi connectivity index (χ0n) is 10.1. The van der Waals surface area contributed by atoms with E-state index in [2.05, 4.69) is 5.32 Å². The smallest absolute Gasteiger partial charge is 0.223 e. The Kier molecular flexibility index (Phi) is 4.17. The molecule has 1 amide bonds. The topological polar surface area (TPSA) is 58.4 Å². The predicted octanol–water partition coefficient (Wildman–Crippen LogP) is 1.47. The van der Waals surface area contributed by atoms with Crippen LogP contribution in [-0.4, -0.2) is 31.4 Å². The second kappa shape index (κ2) is 5.39. The lowest BCUT2D eigenvalue weighted by molar-refractivity contribution is -0.128. The maximum absolute atomic E-state index is 11.3. The van der Waals surface area contributed by atoms with E-state index in [4.69, 9.17) is 5.73 Å². The molecule has 0 atom stereocenters. The van der Waals surface area contributed by atoms with E-state index in [0.717, 1.165) is 16.9 Å². The third kappa shape index (κ3) is 3.15. The molecule has 88 valence electrons. The van der Waals surface area contributed by atoms with Gasteiger partial charge in [-0.2, -0.15) is 0 Å². The maximum atomic E-state index is 11.3. The van der Waals surface area contributed by atoms with E-state index in [1.54, 1.807) is 19.0 Å². The Labute approximate surface area is 96.4 Å². The second-order valence-corrected chi connectivity index (χ2v) is 3.98. The highest BCUT2D eigenvalue weighted by Crippen LogP contribution is 2.20. The molecule has 16 heavy (non-hydrogen) atoms. The number of nitrogens with zero attached hydrogens (tertiary/aromatic N) is 1. The van der Waals surface area contributed by atoms with Gasteiger partial charge < -0.3 is 16.0 Å². The highest BCUT2D eigenvalue weighted by Gasteiger charge is 2.04. The van der Waals surface area contributed by atoms with E-state index >= 15 is 0 Å². The van der Waals surface area contributed by atoms with Crippen molar-refractivity contribution in [2.24, 2.45) is 0 Å². The Balaban J connectivity index is 2.49. The van der Waals surface area contributed by atoms with Gasteiger partial charge >= 0.3 is 0 Å². The van der Waals surface area contributed by atoms with Crippen molar-refractivity contribution in [3.05, 3.63) is 23.8 Å². The normalized spacial score (nSPS) is 9.94. The number of nitrogens with two attached hydrogens (primary N) is 1. The molecule has 0 bridgehead atoms. The fourth-order valence-electron chi connectivity index (χ4n) is 1.37. The maximum Gasteiger partial charge on any atom is 0.223 e. The van der Waals surface area contributed by atoms with Crippen LogP contribution in [0, 0.1) is 6.92 Å². The summed E-state index contributed by atoms with van der Waals surface area (Å²) in [5.41, 5.74) is 8.57. The highest BCUT2D eigenvalue weighted by atomic mass is 16.2. The zero-order valence-corrected chi connectivity index (χ0v) is 10.1. The molecule has 1 aromatic rings. The molecule has 0 saturated carbocycles. The van der Waals surface area contributed by atoms with Crippen molar-refractivity contribution in [1.29, 1.82) is 0 Å². The van der Waals surface area contributed by atoms with E-state index in [-0.39, 0.29) is 5.91 Å². The molecule has 0 aromatic heterocycles. The van der Waals surface area contributed by atoms with E-state index in [9.17, 15) is 4.79 Å². The lowest BCUT2D eigenvalue weighted by atomic mass is 10.1. The molecular weight excluding hydrogens is 202 g/mol. The van der Waals surface area contributed by atoms with Crippen molar-refractivity contribution in [3.8, 4) is 0 Å². The van der Waals surface area contributed by atoms with Crippen molar-refractivity contribution in [2.75, 3.05) is 31.7 Å². The zero-order chi connectivity index (χ0) is 12.1. The Morgan fingerprint density at radius 2 is 2.12 bits per heavy atom. The monoisotopic (exact) mass is 221 g/mol. The second-order valence-electron chi connectivity index (χ2n) is 3.98. The van der Waals surface area contributed by atoms with Crippen molar-refractivity contribution in [1.82, 2.24) is 4.90 Å². The molecule has 3 N–H and O–H groups in total. The number of rotatable bonds is 4. The Morgan fingerprint density at radius 3 is 2.75 bits per heavy atom. The summed E-state index contributed by atoms with van der Waals surface area (Å²) in [4.78, 5) is 12.9. The molecular formula is C12H19N3O. The van der Waals surface area contributed by atoms with Crippen molar-refractivity contribution < 1.29 is 4.79 Å². The molecule has 0 saturated heterocycles. The molecule has 4 nitrogen and oxygen atoms in total. The summed E-state index contributed by atoms with van der Waals surface area (Å²) in [5, 5.41) is 3.21. The standard InChI is InChI=1S/C12H19N3O/c1-9-10(13)5-4-6-11(9)14-8-7-12(16)15(2)3/h4-6,14H,7-8,13H2,1-3H3. The van der Waals surface area contributed by atoms with Gasteiger partial charge in [0.05, 0.1) is 0 Å². The van der Waals surface area contributed by atoms with E-state index in [1.165, 1.54) is 0 Å². The quantitative estimate of drug-likeness (QED) is 0.757. The Hall–Kier alpha value is -1.71. The first kappa shape index (κ1) is 12.4. The highest BCUT2D eigenvalue weighted by molar-refractivity contribution is 5.76. The van der Waals surface area contributed by atoms with Crippen LogP contribution in [0.3, 0.4) is 0 Å². The summed E-state index contributed by atoms with van der Waals surface area (Å²) in [6.45, 7) is 2.59. The number of carbonyl (C=O) groups excluding carboxylic acids is 1. The number of hydrogen-bond donors (Lipinski definition) is 2. The number of nitrogens with one attached hydrogen (secondary N) is 1. The van der Waals surface area contributed by atoms with Crippen LogP contribution < -0.4 is 11.1 Å². The number of nitrogen functional groups attached to an aromatic ring is 1. The largest absolute Gasteiger partial charge is 0.398 e. The Bertz CT molecular complexity index is 375. The van der Waals surface area contributed by atoms with Gasteiger partial charge in [-0.3, -0.25) is 4.79 Å². The molecule has 0 unspecified atom stereocenters. The number of hydrogen-bond acceptors (Lipinski definition) is 3. The molecule has 0 aliphatic rings. The summed E-state index contributed by atoms with van der Waals surface area (Å²) in [6, 6.07) is 5.73. The van der Waals surface area contributed by atoms with Gasteiger partial charge in [-0.25, -0.2) is 0 Å². The number of carbonyl (C=O) groups is 1. The van der Waals surface area contributed by atoms with Crippen LogP contribution in [0.4, 0.5) is 11.4 Å². The van der Waals surface area contributed by atoms with Crippen molar-refractivity contribution in [2.45, 2.75) is 13.3 Å². The SMILES string of the molecule is Cc1c(N)cccc1NCCC(=O)N(C)C. The first-order valence-corrected chi connectivity index (χ1v) is 5.31. The minimum atomic E-state index is 0.119. The number of anilines is 2. The molecule has 1 aromatic carbocycles. The Morgan fingerprint density at radius 1 is 1.44 bits per heavy atom. The molecule has 0 aliphatic heterocycles. The van der Waals surface area contributed by atoms with Crippen LogP contribution in [0.15, 0.2) is 18.2 Å². The molecule has 4 heteroatoms. The van der Waals surface area contributed by atoms with E-state index < -0.39 is 0 Å². The molecule has 0 radical (unpaired) electrons. The predicted molar refractivity (Wildman–Crippen MR) is 67.4 cm³/mol. The van der Waals surface area contributed by atoms with Gasteiger partial charge in [-0.15, -0.1) is 0 Å². The first-order chi connectivity index (χ1) is 7.52. The average Bonchev–Trinajstić information content (AvgIpc) is 2.24. The van der Waals surface area contributed by atoms with Gasteiger partial charge in [-0.05, 0) is 24.6 Å². The number of benzene rings is 1. The summed E-state index contributed by atoms with van der Waals surface area (Å²) in [7, 11) is 3.52. The van der Waals surface area contributed by atoms with Crippen molar-refractivity contribution >= 4 is 17.3 Å². The third-order valence-electron chi connectivity index (χ3n) is 2.53. The molecule has 0 heterocycles. The van der Waals surface area contributed by atoms with E-state index in [0.29, 0.717) is 13.0 Å². The van der Waals surface area contributed by atoms with Crippen LogP contribution in [0.5, 0.6) is 0 Å². The summed E-state index contributed by atoms with van der Waals surface area (Å²) in [5.74, 6) is 0.119. The summed E-state index contributed by atoms with van der Waals surface area (Å²) < 4.78 is 0. The van der Waals surface area contributed by atoms with Crippen LogP contribution in [0.2, 0.25) is 0 Å². The average molecular weight is 221 g/mol. The van der Waals surface area contributed by atoms with Gasteiger partial charge in [0.1, 0.15) is 0 Å². The fourth-order valence-corrected chi connectivity index (χ4v) is 1.37. The van der Waals surface area contributed by atoms with Crippen LogP contribution >= 0.6 is 0 Å². The number of amides is 1. The van der Waals surface area contributed by atoms with Crippen LogP contribution in [0.25, 0.3) is 0 Å². The molecule has 0 fully saturated rings. The van der Waals surface area contributed by atoms with Gasteiger partial charge in [0.25, 0.3) is 0 Å². The summed E-state index contributed by atoms with van der Waals surface area (Å²) >= 11 is 0. The molecule has 0 spiro atoms. The fraction of sp³-hybridized carbons (Fsp3) is 0.417. The van der Waals surface area contributed by atoms with E-state index in [1.807, 2.05) is 25.1 Å². The molecule has 1 rings (SSSR count). The minimum Gasteiger partial charge on any atom is -0.398 e. The molecule has 0 aliphatic carbocycles. The minimum absolute atomic E-state index is 0.119. The lowest BCUT2D eigenvalue weighted by Crippen LogP contribution is -2.24. The summed E-state index contributed by atoms with van der Waals surface area (Å²) in [6.07, 6.45) is 0.487. The van der Waals surface area contributed by atoms with Gasteiger partial charge in [0.2, 0.25) is 5.91 Å². The van der Waals surface area contributed by atoms with Crippen LogP contribution in [-0.2, 0) is 4.79 Å². The van der Waals surface area contributed by atoms with Gasteiger partial charge in [-0.1, -0.05) is 6.07 Å². The van der Waals surface area contributed by atoms with Crippen LogP contribution in [0.1, 0.15) is 12.0 Å².